The molecule has 0 saturated heterocycles. The van der Waals surface area contributed by atoms with Crippen LogP contribution in [0.25, 0.3) is 0 Å². The average molecular weight is 293 g/mol. The molecule has 0 radical (unpaired) electrons. The van der Waals surface area contributed by atoms with E-state index in [0.29, 0.717) is 23.7 Å². The van der Waals surface area contributed by atoms with Crippen LogP contribution in [0.5, 0.6) is 23.0 Å². The van der Waals surface area contributed by atoms with E-state index >= 15 is 0 Å². The van der Waals surface area contributed by atoms with Crippen LogP contribution in [-0.2, 0) is 6.54 Å². The fourth-order valence-corrected chi connectivity index (χ4v) is 1.87. The molecule has 0 unspecified atom stereocenters. The Morgan fingerprint density at radius 2 is 1.67 bits per heavy atom. The highest BCUT2D eigenvalue weighted by molar-refractivity contribution is 5.54. The normalized spacial score (nSPS) is 10.2. The average Bonchev–Trinajstić information content (AvgIpc) is 2.49. The van der Waals surface area contributed by atoms with Crippen molar-refractivity contribution in [1.29, 1.82) is 0 Å². The van der Waals surface area contributed by atoms with E-state index in [-0.39, 0.29) is 5.75 Å². The topological polar surface area (TPSA) is 71.0 Å². The van der Waals surface area contributed by atoms with Gasteiger partial charge in [-0.2, -0.15) is 0 Å². The van der Waals surface area contributed by atoms with Crippen LogP contribution in [0.4, 0.5) is 10.1 Å². The van der Waals surface area contributed by atoms with Crippen molar-refractivity contribution in [3.8, 4) is 23.0 Å². The number of aromatic hydroxyl groups is 2. The zero-order valence-corrected chi connectivity index (χ0v) is 11.7. The number of methoxy groups -OCH3 is 2. The minimum atomic E-state index is -0.694. The van der Waals surface area contributed by atoms with E-state index in [1.807, 2.05) is 0 Å². The lowest BCUT2D eigenvalue weighted by Crippen LogP contribution is -2.01. The highest BCUT2D eigenvalue weighted by atomic mass is 19.1. The molecule has 112 valence electrons. The second-order valence-electron chi connectivity index (χ2n) is 4.37. The first-order valence-electron chi connectivity index (χ1n) is 6.21. The molecule has 5 nitrogen and oxygen atoms in total. The lowest BCUT2D eigenvalue weighted by molar-refractivity contribution is 0.339. The van der Waals surface area contributed by atoms with Gasteiger partial charge in [-0.05, 0) is 29.8 Å². The predicted octanol–water partition coefficient (Wildman–Crippen LogP) is 2.87. The molecular weight excluding hydrogens is 277 g/mol. The van der Waals surface area contributed by atoms with Gasteiger partial charge in [0, 0.05) is 18.3 Å². The number of phenolic OH excluding ortho intramolecular Hbond substituents is 2. The minimum absolute atomic E-state index is 0.0700. The number of benzene rings is 2. The Hall–Kier alpha value is -2.63. The van der Waals surface area contributed by atoms with Crippen LogP contribution >= 0.6 is 0 Å². The number of hydrogen-bond acceptors (Lipinski definition) is 5. The third-order valence-corrected chi connectivity index (χ3v) is 2.98. The molecule has 0 amide bonds. The van der Waals surface area contributed by atoms with E-state index < -0.39 is 11.6 Å². The van der Waals surface area contributed by atoms with Crippen molar-refractivity contribution in [2.75, 3.05) is 19.5 Å². The molecule has 21 heavy (non-hydrogen) atoms. The van der Waals surface area contributed by atoms with Crippen LogP contribution in [0.15, 0.2) is 30.3 Å². The molecule has 3 N–H and O–H groups in total. The summed E-state index contributed by atoms with van der Waals surface area (Å²) in [6.07, 6.45) is 0. The number of phenols is 2. The number of hydrogen-bond donors (Lipinski definition) is 3. The van der Waals surface area contributed by atoms with Gasteiger partial charge in [-0.3, -0.25) is 0 Å². The summed E-state index contributed by atoms with van der Waals surface area (Å²) in [4.78, 5) is 0. The van der Waals surface area contributed by atoms with E-state index in [4.69, 9.17) is 14.6 Å². The molecule has 0 aliphatic rings. The van der Waals surface area contributed by atoms with Crippen molar-refractivity contribution in [1.82, 2.24) is 0 Å². The molecule has 0 fully saturated rings. The van der Waals surface area contributed by atoms with Crippen LogP contribution < -0.4 is 14.8 Å². The monoisotopic (exact) mass is 293 g/mol. The van der Waals surface area contributed by atoms with Crippen LogP contribution in [0.2, 0.25) is 0 Å². The summed E-state index contributed by atoms with van der Waals surface area (Å²) in [6.45, 7) is 0.372. The first-order valence-corrected chi connectivity index (χ1v) is 6.21. The van der Waals surface area contributed by atoms with Crippen molar-refractivity contribution in [2.24, 2.45) is 0 Å². The van der Waals surface area contributed by atoms with Crippen molar-refractivity contribution < 1.29 is 24.1 Å². The number of nitrogens with one attached hydrogen (secondary N) is 1. The van der Waals surface area contributed by atoms with Gasteiger partial charge in [0.15, 0.2) is 23.1 Å². The number of ether oxygens (including phenoxy) is 2. The zero-order valence-electron chi connectivity index (χ0n) is 11.7. The molecule has 2 aromatic rings. The Morgan fingerprint density at radius 1 is 1.05 bits per heavy atom. The van der Waals surface area contributed by atoms with Gasteiger partial charge in [-0.15, -0.1) is 0 Å². The van der Waals surface area contributed by atoms with Gasteiger partial charge in [0.05, 0.1) is 14.2 Å². The van der Waals surface area contributed by atoms with E-state index in [1.165, 1.54) is 26.4 Å². The fraction of sp³-hybridized carbons (Fsp3) is 0.200. The molecule has 0 aromatic heterocycles. The van der Waals surface area contributed by atoms with E-state index in [9.17, 15) is 9.50 Å². The summed E-state index contributed by atoms with van der Waals surface area (Å²) in [5.74, 6) is -0.570. The highest BCUT2D eigenvalue weighted by Crippen LogP contribution is 2.37. The van der Waals surface area contributed by atoms with Gasteiger partial charge in [-0.1, -0.05) is 0 Å². The van der Waals surface area contributed by atoms with Gasteiger partial charge in [0.1, 0.15) is 0 Å². The standard InChI is InChI=1S/C15H16FNO4/c1-20-13-5-9(6-14(21-2)15(13)19)8-17-10-3-4-12(18)11(16)7-10/h3-7,17-19H,8H2,1-2H3. The first-order chi connectivity index (χ1) is 10.0. The molecule has 0 saturated carbocycles. The maximum atomic E-state index is 13.2. The maximum Gasteiger partial charge on any atom is 0.200 e. The highest BCUT2D eigenvalue weighted by Gasteiger charge is 2.11. The summed E-state index contributed by atoms with van der Waals surface area (Å²) < 4.78 is 23.4. The second kappa shape index (κ2) is 6.21. The second-order valence-corrected chi connectivity index (χ2v) is 4.37. The quantitative estimate of drug-likeness (QED) is 0.739. The van der Waals surface area contributed by atoms with Crippen LogP contribution in [0.3, 0.4) is 0 Å². The third-order valence-electron chi connectivity index (χ3n) is 2.98. The van der Waals surface area contributed by atoms with Gasteiger partial charge in [0.25, 0.3) is 0 Å². The van der Waals surface area contributed by atoms with Crippen molar-refractivity contribution >= 4 is 5.69 Å². The Kier molecular flexibility index (Phi) is 4.37. The van der Waals surface area contributed by atoms with Crippen LogP contribution in [0.1, 0.15) is 5.56 Å². The van der Waals surface area contributed by atoms with Gasteiger partial charge in [-0.25, -0.2) is 4.39 Å². The van der Waals surface area contributed by atoms with E-state index in [2.05, 4.69) is 5.32 Å². The Balaban J connectivity index is 2.17. The Morgan fingerprint density at radius 3 is 2.19 bits per heavy atom. The molecule has 6 heteroatoms. The van der Waals surface area contributed by atoms with Crippen LogP contribution in [-0.4, -0.2) is 24.4 Å². The summed E-state index contributed by atoms with van der Waals surface area (Å²) in [7, 11) is 2.89. The molecular formula is C15H16FNO4. The van der Waals surface area contributed by atoms with Gasteiger partial charge in [0.2, 0.25) is 5.75 Å². The Labute approximate surface area is 121 Å². The summed E-state index contributed by atoms with van der Waals surface area (Å²) in [6, 6.07) is 7.34. The molecule has 0 aliphatic carbocycles. The van der Waals surface area contributed by atoms with E-state index in [1.54, 1.807) is 18.2 Å². The molecule has 2 aromatic carbocycles. The fourth-order valence-electron chi connectivity index (χ4n) is 1.87. The van der Waals surface area contributed by atoms with Crippen LogP contribution in [0, 0.1) is 5.82 Å². The largest absolute Gasteiger partial charge is 0.505 e. The predicted molar refractivity (Wildman–Crippen MR) is 76.6 cm³/mol. The van der Waals surface area contributed by atoms with E-state index in [0.717, 1.165) is 5.56 Å². The lowest BCUT2D eigenvalue weighted by atomic mass is 10.1. The summed E-state index contributed by atoms with van der Waals surface area (Å²) >= 11 is 0. The minimum Gasteiger partial charge on any atom is -0.505 e. The van der Waals surface area contributed by atoms with Gasteiger partial charge < -0.3 is 25.0 Å². The summed E-state index contributed by atoms with van der Waals surface area (Å²) in [5, 5.41) is 22.0. The van der Waals surface area contributed by atoms with Crippen molar-refractivity contribution in [3.63, 3.8) is 0 Å². The molecule has 2 rings (SSSR count). The molecule has 0 spiro atoms. The Bertz CT molecular complexity index is 621. The van der Waals surface area contributed by atoms with Gasteiger partial charge >= 0.3 is 0 Å². The smallest absolute Gasteiger partial charge is 0.200 e. The molecule has 0 atom stereocenters. The molecule has 0 bridgehead atoms. The number of rotatable bonds is 5. The number of halogens is 1. The molecule has 0 heterocycles. The SMILES string of the molecule is COc1cc(CNc2ccc(O)c(F)c2)cc(OC)c1O. The summed E-state index contributed by atoms with van der Waals surface area (Å²) in [5.41, 5.74) is 1.31. The first kappa shape index (κ1) is 14.8. The van der Waals surface area contributed by atoms with Crippen molar-refractivity contribution in [2.45, 2.75) is 6.54 Å². The lowest BCUT2D eigenvalue weighted by Gasteiger charge is -2.12. The zero-order chi connectivity index (χ0) is 15.4. The number of anilines is 1. The maximum absolute atomic E-state index is 13.2. The molecule has 0 aliphatic heterocycles. The third kappa shape index (κ3) is 3.28. The van der Waals surface area contributed by atoms with Crippen molar-refractivity contribution in [3.05, 3.63) is 41.7 Å².